The van der Waals surface area contributed by atoms with Crippen molar-refractivity contribution in [2.24, 2.45) is 17.8 Å². The van der Waals surface area contributed by atoms with Crippen LogP contribution in [-0.4, -0.2) is 50.4 Å². The van der Waals surface area contributed by atoms with E-state index in [1.807, 2.05) is 12.3 Å². The Hall–Kier alpha value is -4.29. The number of nitrogens with zero attached hydrogens (tertiary/aromatic N) is 5. The predicted octanol–water partition coefficient (Wildman–Crippen LogP) is 5.90. The fourth-order valence-electron chi connectivity index (χ4n) is 7.83. The third-order valence-corrected chi connectivity index (χ3v) is 9.40. The number of benzene rings is 3. The van der Waals surface area contributed by atoms with Crippen LogP contribution >= 0.6 is 0 Å². The van der Waals surface area contributed by atoms with Crippen molar-refractivity contribution in [2.45, 2.75) is 24.5 Å². The summed E-state index contributed by atoms with van der Waals surface area (Å²) in [5.74, 6) is 2.71. The van der Waals surface area contributed by atoms with E-state index in [1.54, 1.807) is 6.33 Å². The SMILES string of the molecule is c1ccc(C(c2ccccc2)(c2ccccc2)n2cc(-c3cc(OC4[C@H]5CC6C[C@H]4CN(C6)C5)ncn3)cn2)cc1. The van der Waals surface area contributed by atoms with E-state index in [-0.39, 0.29) is 6.10 Å². The summed E-state index contributed by atoms with van der Waals surface area (Å²) in [4.78, 5) is 11.8. The Morgan fingerprint density at radius 3 is 1.85 bits per heavy atom. The van der Waals surface area contributed by atoms with Gasteiger partial charge in [0.15, 0.2) is 0 Å². The second-order valence-corrected chi connectivity index (χ2v) is 11.9. The van der Waals surface area contributed by atoms with Gasteiger partial charge in [-0.3, -0.25) is 4.68 Å². The molecule has 4 fully saturated rings. The first-order chi connectivity index (χ1) is 20.3. The highest BCUT2D eigenvalue weighted by Gasteiger charge is 2.49. The molecule has 3 saturated heterocycles. The molecule has 0 unspecified atom stereocenters. The second kappa shape index (κ2) is 9.96. The van der Waals surface area contributed by atoms with Crippen LogP contribution < -0.4 is 4.74 Å². The van der Waals surface area contributed by atoms with Crippen LogP contribution in [0.2, 0.25) is 0 Å². The van der Waals surface area contributed by atoms with Crippen LogP contribution in [0.4, 0.5) is 0 Å². The molecule has 4 aliphatic rings. The maximum Gasteiger partial charge on any atom is 0.217 e. The summed E-state index contributed by atoms with van der Waals surface area (Å²) in [7, 11) is 0. The molecule has 4 bridgehead atoms. The first-order valence-electron chi connectivity index (χ1n) is 14.7. The quantitative estimate of drug-likeness (QED) is 0.241. The molecule has 41 heavy (non-hydrogen) atoms. The maximum absolute atomic E-state index is 6.63. The van der Waals surface area contributed by atoms with Gasteiger partial charge >= 0.3 is 0 Å². The summed E-state index contributed by atoms with van der Waals surface area (Å²) >= 11 is 0. The smallest absolute Gasteiger partial charge is 0.217 e. The summed E-state index contributed by atoms with van der Waals surface area (Å²) in [6, 6.07) is 33.8. The monoisotopic (exact) mass is 539 g/mol. The molecule has 5 heterocycles. The lowest BCUT2D eigenvalue weighted by molar-refractivity contribution is -0.0997. The first-order valence-corrected chi connectivity index (χ1v) is 14.7. The number of rotatable bonds is 7. The molecule has 3 aliphatic heterocycles. The van der Waals surface area contributed by atoms with Crippen LogP contribution in [0, 0.1) is 17.8 Å². The van der Waals surface area contributed by atoms with Crippen molar-refractivity contribution in [1.82, 2.24) is 24.6 Å². The van der Waals surface area contributed by atoms with Gasteiger partial charge in [-0.05, 0) is 35.4 Å². The average molecular weight is 540 g/mol. The Morgan fingerprint density at radius 2 is 1.29 bits per heavy atom. The molecular weight excluding hydrogens is 506 g/mol. The molecule has 0 amide bonds. The molecule has 9 rings (SSSR count). The molecule has 0 spiro atoms. The molecule has 5 aromatic rings. The molecule has 6 heteroatoms. The largest absolute Gasteiger partial charge is 0.474 e. The van der Waals surface area contributed by atoms with Crippen molar-refractivity contribution in [2.75, 3.05) is 19.6 Å². The lowest BCUT2D eigenvalue weighted by Crippen LogP contribution is -2.61. The van der Waals surface area contributed by atoms with E-state index >= 15 is 0 Å². The van der Waals surface area contributed by atoms with Gasteiger partial charge in [0.25, 0.3) is 0 Å². The van der Waals surface area contributed by atoms with Crippen LogP contribution in [0.1, 0.15) is 29.5 Å². The number of piperidine rings is 3. The third kappa shape index (κ3) is 4.16. The zero-order valence-electron chi connectivity index (χ0n) is 23.0. The normalized spacial score (nSPS) is 24.8. The van der Waals surface area contributed by atoms with Crippen LogP contribution in [0.15, 0.2) is 116 Å². The van der Waals surface area contributed by atoms with Gasteiger partial charge in [-0.1, -0.05) is 91.0 Å². The van der Waals surface area contributed by atoms with Crippen LogP contribution in [0.3, 0.4) is 0 Å². The zero-order valence-corrected chi connectivity index (χ0v) is 23.0. The van der Waals surface area contributed by atoms with E-state index in [4.69, 9.17) is 9.84 Å². The number of ether oxygens (including phenoxy) is 1. The van der Waals surface area contributed by atoms with Gasteiger partial charge in [-0.15, -0.1) is 0 Å². The summed E-state index contributed by atoms with van der Waals surface area (Å²) in [6.45, 7) is 3.59. The Bertz CT molecular complexity index is 1510. The van der Waals surface area contributed by atoms with Gasteiger partial charge in [0.1, 0.15) is 18.0 Å². The third-order valence-electron chi connectivity index (χ3n) is 9.40. The maximum atomic E-state index is 6.63. The molecule has 6 nitrogen and oxygen atoms in total. The Kier molecular flexibility index (Phi) is 5.95. The Balaban J connectivity index is 1.19. The Morgan fingerprint density at radius 1 is 0.707 bits per heavy atom. The minimum absolute atomic E-state index is 0.246. The molecule has 204 valence electrons. The highest BCUT2D eigenvalue weighted by atomic mass is 16.5. The van der Waals surface area contributed by atoms with Crippen molar-refractivity contribution in [3.05, 3.63) is 132 Å². The van der Waals surface area contributed by atoms with E-state index < -0.39 is 5.54 Å². The lowest BCUT2D eigenvalue weighted by atomic mass is 9.66. The van der Waals surface area contributed by atoms with Gasteiger partial charge < -0.3 is 9.64 Å². The van der Waals surface area contributed by atoms with Gasteiger partial charge in [0.2, 0.25) is 5.88 Å². The summed E-state index contributed by atoms with van der Waals surface area (Å²) in [6.07, 6.45) is 8.45. The standard InChI is InChI=1S/C35H33N5O/c1-4-10-29(11-5-1)35(30-12-6-2-7-13-30,31-14-8-3-9-15-31)40-23-28(19-38-40)32-18-33(37-24-36-32)41-34-26-16-25-17-27(34)22-39(20-25)21-26/h1-15,18-19,23-27,34H,16-17,20-22H2/t25?,26-,27-,34?/m0/s1. The van der Waals surface area contributed by atoms with E-state index in [2.05, 4.69) is 117 Å². The predicted molar refractivity (Wildman–Crippen MR) is 158 cm³/mol. The molecule has 2 atom stereocenters. The van der Waals surface area contributed by atoms with Gasteiger partial charge in [0, 0.05) is 49.3 Å². The lowest BCUT2D eigenvalue weighted by Gasteiger charge is -2.55. The molecule has 1 saturated carbocycles. The molecule has 3 aromatic carbocycles. The first kappa shape index (κ1) is 24.5. The van der Waals surface area contributed by atoms with Crippen molar-refractivity contribution in [3.63, 3.8) is 0 Å². The summed E-state index contributed by atoms with van der Waals surface area (Å²) < 4.78 is 8.71. The second-order valence-electron chi connectivity index (χ2n) is 11.9. The summed E-state index contributed by atoms with van der Waals surface area (Å²) in [5.41, 5.74) is 4.49. The van der Waals surface area contributed by atoms with E-state index in [1.165, 1.54) is 19.4 Å². The van der Waals surface area contributed by atoms with Crippen LogP contribution in [-0.2, 0) is 5.54 Å². The van der Waals surface area contributed by atoms with Crippen LogP contribution in [0.5, 0.6) is 5.88 Å². The average Bonchev–Trinajstić information content (AvgIpc) is 3.52. The van der Waals surface area contributed by atoms with Crippen molar-refractivity contribution < 1.29 is 4.74 Å². The van der Waals surface area contributed by atoms with Gasteiger partial charge in [-0.25, -0.2) is 9.97 Å². The topological polar surface area (TPSA) is 56.1 Å². The summed E-state index contributed by atoms with van der Waals surface area (Å²) in [5, 5.41) is 5.01. The molecule has 1 aliphatic carbocycles. The van der Waals surface area contributed by atoms with Crippen molar-refractivity contribution >= 4 is 0 Å². The fourth-order valence-corrected chi connectivity index (χ4v) is 7.83. The minimum atomic E-state index is -0.663. The molecule has 2 aromatic heterocycles. The number of aromatic nitrogens is 4. The molecular formula is C35H33N5O. The zero-order chi connectivity index (χ0) is 27.2. The molecule has 0 radical (unpaired) electrons. The van der Waals surface area contributed by atoms with Gasteiger partial charge in [-0.2, -0.15) is 5.10 Å². The fraction of sp³-hybridized carbons (Fsp3) is 0.286. The van der Waals surface area contributed by atoms with Crippen LogP contribution in [0.25, 0.3) is 11.3 Å². The van der Waals surface area contributed by atoms with Gasteiger partial charge in [0.05, 0.1) is 11.9 Å². The number of hydrogen-bond acceptors (Lipinski definition) is 5. The minimum Gasteiger partial charge on any atom is -0.474 e. The molecule has 0 N–H and O–H groups in total. The Labute approximate surface area is 240 Å². The van der Waals surface area contributed by atoms with E-state index in [9.17, 15) is 0 Å². The highest BCUT2D eigenvalue weighted by Crippen LogP contribution is 2.45. The number of hydrogen-bond donors (Lipinski definition) is 0. The van der Waals surface area contributed by atoms with E-state index in [0.717, 1.165) is 47.0 Å². The highest BCUT2D eigenvalue weighted by molar-refractivity contribution is 5.59. The van der Waals surface area contributed by atoms with E-state index in [0.29, 0.717) is 17.7 Å². The van der Waals surface area contributed by atoms with Crippen molar-refractivity contribution in [3.8, 4) is 17.1 Å². The van der Waals surface area contributed by atoms with Crippen molar-refractivity contribution in [1.29, 1.82) is 0 Å².